The first-order valence-corrected chi connectivity index (χ1v) is 27.6. The molecule has 1 aliphatic heterocycles. The summed E-state index contributed by atoms with van der Waals surface area (Å²) in [6.07, 6.45) is -8.44. The number of benzene rings is 5. The minimum absolute atomic E-state index is 0.0149. The number of carbonyl (C=O) groups is 8. The van der Waals surface area contributed by atoms with Gasteiger partial charge in [-0.05, 0) is 71.7 Å². The fourth-order valence-corrected chi connectivity index (χ4v) is 11.5. The Morgan fingerprint density at radius 1 is 0.800 bits per heavy atom. The van der Waals surface area contributed by atoms with Crippen molar-refractivity contribution < 1.29 is 87.6 Å². The number of ether oxygens (including phenoxy) is 5. The lowest BCUT2D eigenvalue weighted by Gasteiger charge is -2.42. The quantitative estimate of drug-likeness (QED) is 0.0372. The normalized spacial score (nSPS) is 20.9. The molecule has 4 aliphatic rings. The van der Waals surface area contributed by atoms with Gasteiger partial charge in [-0.25, -0.2) is 14.4 Å². The molecule has 12 N–H and O–H groups in total. The molecule has 448 valence electrons. The van der Waals surface area contributed by atoms with Gasteiger partial charge in [-0.3, -0.25) is 24.0 Å². The molecule has 0 radical (unpaired) electrons. The summed E-state index contributed by atoms with van der Waals surface area (Å²) in [6, 6.07) is 22.0. The second-order valence-electron chi connectivity index (χ2n) is 21.7. The SMILES string of the molecule is COc1cccc2c1C(=O)c1c(O)c3c(c(O)c1C2=O)C[C@@](O)(C(=O)CO)CC3OC1CC(NC(=O)OCc2ccc(NC(=O)C(CCCNC(N)=O)NC(=O)C(NC(=O)OCC3c4ccccc4-c4ccccc43)C(C)C)cc2)C(O)C(C)O1. The highest BCUT2D eigenvalue weighted by Crippen LogP contribution is 2.53. The van der Waals surface area contributed by atoms with Crippen LogP contribution in [0, 0.1) is 5.92 Å². The van der Waals surface area contributed by atoms with E-state index in [-0.39, 0.29) is 72.9 Å². The fraction of sp³-hybridized carbons (Fsp3) is 0.377. The minimum atomic E-state index is -2.42. The molecule has 0 spiro atoms. The van der Waals surface area contributed by atoms with E-state index >= 15 is 0 Å². The molecule has 24 heteroatoms. The Morgan fingerprint density at radius 3 is 2.11 bits per heavy atom. The first-order chi connectivity index (χ1) is 40.6. The van der Waals surface area contributed by atoms with Crippen molar-refractivity contribution in [2.45, 2.75) is 114 Å². The lowest BCUT2D eigenvalue weighted by atomic mass is 9.72. The van der Waals surface area contributed by atoms with E-state index in [9.17, 15) is 63.9 Å². The number of aliphatic hydroxyl groups is 3. The van der Waals surface area contributed by atoms with E-state index in [1.807, 2.05) is 48.5 Å². The van der Waals surface area contributed by atoms with Crippen LogP contribution >= 0.6 is 0 Å². The number of Topliss-reactive ketones (excluding diaryl/α,β-unsaturated/α-hetero) is 1. The molecular formula is C61H66N6O18. The molecule has 85 heavy (non-hydrogen) atoms. The molecular weight excluding hydrogens is 1100 g/mol. The van der Waals surface area contributed by atoms with Gasteiger partial charge in [-0.15, -0.1) is 0 Å². The van der Waals surface area contributed by atoms with Gasteiger partial charge in [0.05, 0.1) is 42.0 Å². The Morgan fingerprint density at radius 2 is 1.46 bits per heavy atom. The highest BCUT2D eigenvalue weighted by Gasteiger charge is 2.51. The van der Waals surface area contributed by atoms with Crippen LogP contribution in [0.1, 0.15) is 118 Å². The van der Waals surface area contributed by atoms with E-state index in [2.05, 4.69) is 26.6 Å². The number of urea groups is 1. The third-order valence-corrected chi connectivity index (χ3v) is 15.8. The number of aliphatic hydroxyl groups excluding tert-OH is 2. The third kappa shape index (κ3) is 12.6. The topological polar surface area (TPSA) is 370 Å². The van der Waals surface area contributed by atoms with Crippen molar-refractivity contribution in [1.29, 1.82) is 0 Å². The number of aromatic hydroxyl groups is 2. The molecule has 1 fully saturated rings. The summed E-state index contributed by atoms with van der Waals surface area (Å²) in [6.45, 7) is 3.61. The highest BCUT2D eigenvalue weighted by atomic mass is 16.7. The van der Waals surface area contributed by atoms with Gasteiger partial charge in [0.15, 0.2) is 17.9 Å². The molecule has 1 saturated heterocycles. The molecule has 6 amide bonds. The third-order valence-electron chi connectivity index (χ3n) is 15.8. The zero-order valence-electron chi connectivity index (χ0n) is 46.8. The van der Waals surface area contributed by atoms with E-state index in [0.29, 0.717) is 11.3 Å². The van der Waals surface area contributed by atoms with Crippen LogP contribution in [-0.2, 0) is 46.4 Å². The number of phenolic OH excluding ortho intramolecular Hbond substituents is 2. The van der Waals surface area contributed by atoms with Crippen LogP contribution in [0.4, 0.5) is 20.1 Å². The summed E-state index contributed by atoms with van der Waals surface area (Å²) >= 11 is 0. The first-order valence-electron chi connectivity index (χ1n) is 27.6. The van der Waals surface area contributed by atoms with Gasteiger partial charge in [0.1, 0.15) is 60.9 Å². The lowest BCUT2D eigenvalue weighted by molar-refractivity contribution is -0.249. The molecule has 0 saturated carbocycles. The predicted molar refractivity (Wildman–Crippen MR) is 302 cm³/mol. The molecule has 0 bridgehead atoms. The number of carbonyl (C=O) groups excluding carboxylic acids is 8. The van der Waals surface area contributed by atoms with Crippen molar-refractivity contribution in [2.75, 3.05) is 32.2 Å². The number of fused-ring (bicyclic) bond motifs is 6. The Kier molecular flexibility index (Phi) is 18.2. The van der Waals surface area contributed by atoms with Crippen LogP contribution in [0.3, 0.4) is 0 Å². The van der Waals surface area contributed by atoms with Crippen LogP contribution in [0.25, 0.3) is 11.1 Å². The van der Waals surface area contributed by atoms with E-state index in [1.54, 1.807) is 26.0 Å². The summed E-state index contributed by atoms with van der Waals surface area (Å²) < 4.78 is 28.8. The smallest absolute Gasteiger partial charge is 0.407 e. The van der Waals surface area contributed by atoms with Crippen LogP contribution in [0.15, 0.2) is 91.0 Å². The summed E-state index contributed by atoms with van der Waals surface area (Å²) in [4.78, 5) is 107. The summed E-state index contributed by atoms with van der Waals surface area (Å²) in [7, 11) is 1.29. The fourth-order valence-electron chi connectivity index (χ4n) is 11.5. The van der Waals surface area contributed by atoms with Crippen LogP contribution in [0.5, 0.6) is 17.2 Å². The molecule has 0 aromatic heterocycles. The zero-order valence-corrected chi connectivity index (χ0v) is 46.8. The van der Waals surface area contributed by atoms with E-state index < -0.39 is 144 Å². The number of ketones is 3. The highest BCUT2D eigenvalue weighted by molar-refractivity contribution is 6.31. The number of hydrogen-bond acceptors (Lipinski definition) is 18. The van der Waals surface area contributed by atoms with E-state index in [1.165, 1.54) is 44.4 Å². The van der Waals surface area contributed by atoms with Gasteiger partial charge in [-0.1, -0.05) is 86.6 Å². The Balaban J connectivity index is 0.818. The number of phenols is 2. The summed E-state index contributed by atoms with van der Waals surface area (Å²) in [5.41, 5.74) is 5.72. The minimum Gasteiger partial charge on any atom is -0.507 e. The van der Waals surface area contributed by atoms with Crippen molar-refractivity contribution >= 4 is 53.1 Å². The van der Waals surface area contributed by atoms with Gasteiger partial charge < -0.3 is 81.5 Å². The summed E-state index contributed by atoms with van der Waals surface area (Å²) in [5, 5.41) is 69.6. The zero-order chi connectivity index (χ0) is 61.0. The number of anilines is 1. The molecule has 3 aliphatic carbocycles. The van der Waals surface area contributed by atoms with Crippen LogP contribution < -0.4 is 37.1 Å². The average molecular weight is 1170 g/mol. The molecule has 9 rings (SSSR count). The number of methoxy groups -OCH3 is 1. The van der Waals surface area contributed by atoms with Gasteiger partial charge in [-0.2, -0.15) is 0 Å². The van der Waals surface area contributed by atoms with Crippen molar-refractivity contribution in [1.82, 2.24) is 21.3 Å². The first kappa shape index (κ1) is 60.6. The molecule has 8 atom stereocenters. The number of hydrogen-bond donors (Lipinski definition) is 11. The predicted octanol–water partition coefficient (Wildman–Crippen LogP) is 4.40. The number of amides is 6. The number of alkyl carbamates (subject to hydrolysis) is 2. The average Bonchev–Trinajstić information content (AvgIpc) is 1.41. The monoisotopic (exact) mass is 1170 g/mol. The molecule has 24 nitrogen and oxygen atoms in total. The molecule has 1 heterocycles. The van der Waals surface area contributed by atoms with Crippen LogP contribution in [0.2, 0.25) is 0 Å². The Bertz CT molecular complexity index is 3400. The van der Waals surface area contributed by atoms with Gasteiger partial charge in [0, 0.05) is 54.1 Å². The van der Waals surface area contributed by atoms with Crippen molar-refractivity contribution in [3.8, 4) is 28.4 Å². The largest absolute Gasteiger partial charge is 0.507 e. The number of rotatable bonds is 20. The van der Waals surface area contributed by atoms with Crippen molar-refractivity contribution in [2.24, 2.45) is 11.7 Å². The maximum absolute atomic E-state index is 14.1. The van der Waals surface area contributed by atoms with Gasteiger partial charge in [0.2, 0.25) is 17.6 Å². The molecule has 5 aromatic rings. The van der Waals surface area contributed by atoms with E-state index in [0.717, 1.165) is 22.3 Å². The van der Waals surface area contributed by atoms with Crippen molar-refractivity contribution in [3.05, 3.63) is 141 Å². The summed E-state index contributed by atoms with van der Waals surface area (Å²) in [5.74, 6) is -6.29. The maximum atomic E-state index is 14.1. The van der Waals surface area contributed by atoms with Crippen LogP contribution in [-0.4, -0.2) is 142 Å². The van der Waals surface area contributed by atoms with E-state index in [4.69, 9.17) is 29.4 Å². The second-order valence-corrected chi connectivity index (χ2v) is 21.7. The number of nitrogens with one attached hydrogen (secondary N) is 5. The molecule has 5 aromatic carbocycles. The molecule has 7 unspecified atom stereocenters. The lowest BCUT2D eigenvalue weighted by Crippen LogP contribution is -2.56. The van der Waals surface area contributed by atoms with Gasteiger partial charge in [0.25, 0.3) is 0 Å². The standard InChI is InChI=1S/C61H66N6O18/c1-29(2)50(67-60(79)83-28-39-35-13-7-5-11-33(35)34-12-6-8-14-36(34)39)57(76)65-40(16-10-22-63-58(62)77)56(75)64-32-20-18-31(19-21-32)27-82-59(78)66-41-23-45(84-30(3)51(41)70)85-43-25-61(80,44(69)26-68)24-38-47(43)55(74)49-48(53(38)72)52(71)37-15-9-17-42(81-4)46(37)54(49)73/h5-9,11-15,17-21,29-30,39-41,43,45,50-51,68,70,72,74,80H,10,16,22-28H2,1-4H3,(H,64,75)(H,65,76)(H,66,78)(H,67,79)(H3,62,63,77)/t30?,40?,41?,43?,45?,50?,51?,61-/m0/s1. The Hall–Kier alpha value is -8.94. The van der Waals surface area contributed by atoms with Crippen molar-refractivity contribution in [3.63, 3.8) is 0 Å². The second kappa shape index (κ2) is 25.5. The number of nitrogens with two attached hydrogens (primary N) is 1. The maximum Gasteiger partial charge on any atom is 0.407 e. The Labute approximate surface area is 487 Å². The van der Waals surface area contributed by atoms with Gasteiger partial charge >= 0.3 is 18.2 Å². The number of primary amides is 1.